The lowest BCUT2D eigenvalue weighted by atomic mass is 10.1. The highest BCUT2D eigenvalue weighted by molar-refractivity contribution is 9.10. The molecule has 0 unspecified atom stereocenters. The Morgan fingerprint density at radius 2 is 2.13 bits per heavy atom. The zero-order valence-electron chi connectivity index (χ0n) is 12.1. The fourth-order valence-corrected chi connectivity index (χ4v) is 2.91. The van der Waals surface area contributed by atoms with Crippen molar-refractivity contribution in [3.05, 3.63) is 57.6 Å². The Morgan fingerprint density at radius 1 is 1.26 bits per heavy atom. The van der Waals surface area contributed by atoms with Gasteiger partial charge in [0.15, 0.2) is 0 Å². The Labute approximate surface area is 139 Å². The summed E-state index contributed by atoms with van der Waals surface area (Å²) in [7, 11) is 1.53. The number of methoxy groups -OCH3 is 1. The van der Waals surface area contributed by atoms with Gasteiger partial charge in [-0.25, -0.2) is 4.98 Å². The Morgan fingerprint density at radius 3 is 2.96 bits per heavy atom. The minimum atomic E-state index is -0.186. The van der Waals surface area contributed by atoms with E-state index in [-0.39, 0.29) is 5.56 Å². The molecule has 0 amide bonds. The molecule has 2 aliphatic rings. The van der Waals surface area contributed by atoms with Crippen LogP contribution in [0.3, 0.4) is 0 Å². The van der Waals surface area contributed by atoms with Gasteiger partial charge in [0.25, 0.3) is 5.56 Å². The molecule has 0 fully saturated rings. The van der Waals surface area contributed by atoms with Crippen LogP contribution in [0.2, 0.25) is 0 Å². The third-order valence-corrected chi connectivity index (χ3v) is 4.15. The molecular weight excluding hydrogens is 360 g/mol. The zero-order valence-corrected chi connectivity index (χ0v) is 13.7. The lowest BCUT2D eigenvalue weighted by molar-refractivity contribution is 0.397. The van der Waals surface area contributed by atoms with Crippen LogP contribution in [0.4, 0.5) is 0 Å². The molecule has 114 valence electrons. The standard InChI is InChI=1S/C16H11BrN4O2/c1-23-14-7-10(4-5-18-14)21-16(22)12-8-19-13-6-9(17)2-3-11(13)15(12)20-21/h2-8,19H,1H3. The number of halogens is 1. The van der Waals surface area contributed by atoms with Gasteiger partial charge < -0.3 is 9.72 Å². The second-order valence-electron chi connectivity index (χ2n) is 5.01. The molecule has 4 rings (SSSR count). The Hall–Kier alpha value is -2.67. The van der Waals surface area contributed by atoms with Crippen LogP contribution in [-0.4, -0.2) is 26.9 Å². The molecule has 0 aliphatic carbocycles. The summed E-state index contributed by atoms with van der Waals surface area (Å²) in [6, 6.07) is 9.21. The summed E-state index contributed by atoms with van der Waals surface area (Å²) >= 11 is 3.44. The van der Waals surface area contributed by atoms with Crippen LogP contribution < -0.4 is 10.3 Å². The molecule has 1 N–H and O–H groups in total. The number of aromatic nitrogens is 4. The van der Waals surface area contributed by atoms with Crippen molar-refractivity contribution in [1.29, 1.82) is 0 Å². The van der Waals surface area contributed by atoms with Crippen molar-refractivity contribution in [3.63, 3.8) is 0 Å². The summed E-state index contributed by atoms with van der Waals surface area (Å²) in [6.45, 7) is 0. The molecular formula is C16H11BrN4O2. The third kappa shape index (κ3) is 2.20. The highest BCUT2D eigenvalue weighted by Gasteiger charge is 2.19. The number of ether oxygens (including phenoxy) is 1. The lowest BCUT2D eigenvalue weighted by Gasteiger charge is -2.03. The van der Waals surface area contributed by atoms with Gasteiger partial charge in [0.05, 0.1) is 18.4 Å². The second kappa shape index (κ2) is 5.20. The lowest BCUT2D eigenvalue weighted by Crippen LogP contribution is -2.14. The Kier molecular flexibility index (Phi) is 3.16. The molecule has 23 heavy (non-hydrogen) atoms. The molecule has 0 atom stereocenters. The topological polar surface area (TPSA) is 72.8 Å². The number of fused-ring (bicyclic) bond motifs is 3. The third-order valence-electron chi connectivity index (χ3n) is 3.66. The van der Waals surface area contributed by atoms with E-state index < -0.39 is 0 Å². The van der Waals surface area contributed by atoms with Gasteiger partial charge in [-0.1, -0.05) is 15.9 Å². The molecule has 0 radical (unpaired) electrons. The number of aromatic amines is 1. The number of nitrogens with one attached hydrogen (secondary N) is 1. The first-order valence-electron chi connectivity index (χ1n) is 6.87. The predicted molar refractivity (Wildman–Crippen MR) is 90.4 cm³/mol. The number of hydrogen-bond acceptors (Lipinski definition) is 4. The highest BCUT2D eigenvalue weighted by atomic mass is 79.9. The first kappa shape index (κ1) is 14.0. The number of H-pyrrole nitrogens is 1. The maximum absolute atomic E-state index is 12.6. The van der Waals surface area contributed by atoms with Gasteiger partial charge in [-0.15, -0.1) is 0 Å². The fourth-order valence-electron chi connectivity index (χ4n) is 2.55. The minimum absolute atomic E-state index is 0.186. The van der Waals surface area contributed by atoms with Crippen molar-refractivity contribution >= 4 is 26.8 Å². The summed E-state index contributed by atoms with van der Waals surface area (Å²) in [5.74, 6) is 0.432. The van der Waals surface area contributed by atoms with Gasteiger partial charge in [0, 0.05) is 33.8 Å². The fraction of sp³-hybridized carbons (Fsp3) is 0.0625. The van der Waals surface area contributed by atoms with Gasteiger partial charge in [-0.2, -0.15) is 9.78 Å². The molecule has 3 heterocycles. The molecule has 2 aliphatic heterocycles. The van der Waals surface area contributed by atoms with E-state index in [2.05, 4.69) is 31.0 Å². The number of pyridine rings is 2. The number of hydrogen-bond donors (Lipinski definition) is 1. The van der Waals surface area contributed by atoms with E-state index in [1.165, 1.54) is 11.8 Å². The SMILES string of the molecule is COc1cc(-n2nc3c4ccc(Br)cc4[nH]cc-3c2=O)ccn1. The van der Waals surface area contributed by atoms with Crippen LogP contribution >= 0.6 is 15.9 Å². The van der Waals surface area contributed by atoms with Crippen LogP contribution in [0, 0.1) is 0 Å². The maximum atomic E-state index is 12.6. The van der Waals surface area contributed by atoms with Crippen LogP contribution in [0.25, 0.3) is 27.8 Å². The van der Waals surface area contributed by atoms with E-state index >= 15 is 0 Å². The molecule has 1 aromatic heterocycles. The van der Waals surface area contributed by atoms with Crippen LogP contribution in [0.1, 0.15) is 0 Å². The Bertz CT molecular complexity index is 1050. The number of nitrogens with zero attached hydrogens (tertiary/aromatic N) is 3. The zero-order chi connectivity index (χ0) is 16.0. The van der Waals surface area contributed by atoms with Crippen molar-refractivity contribution in [1.82, 2.24) is 19.7 Å². The highest BCUT2D eigenvalue weighted by Crippen LogP contribution is 2.28. The largest absolute Gasteiger partial charge is 0.481 e. The summed E-state index contributed by atoms with van der Waals surface area (Å²) in [5.41, 5.74) is 2.53. The van der Waals surface area contributed by atoms with Gasteiger partial charge >= 0.3 is 0 Å². The molecule has 0 saturated carbocycles. The molecule has 2 aromatic rings. The summed E-state index contributed by atoms with van der Waals surface area (Å²) in [4.78, 5) is 19.8. The van der Waals surface area contributed by atoms with Gasteiger partial charge in [0.1, 0.15) is 5.69 Å². The molecule has 7 heteroatoms. The molecule has 6 nitrogen and oxygen atoms in total. The first-order chi connectivity index (χ1) is 11.2. The monoisotopic (exact) mass is 370 g/mol. The van der Waals surface area contributed by atoms with Crippen molar-refractivity contribution in [2.45, 2.75) is 0 Å². The number of benzene rings is 1. The molecule has 0 spiro atoms. The van der Waals surface area contributed by atoms with Gasteiger partial charge in [-0.3, -0.25) is 4.79 Å². The number of rotatable bonds is 2. The second-order valence-corrected chi connectivity index (χ2v) is 5.93. The van der Waals surface area contributed by atoms with Crippen LogP contribution in [0.5, 0.6) is 5.88 Å². The van der Waals surface area contributed by atoms with Crippen LogP contribution in [-0.2, 0) is 0 Å². The normalized spacial score (nSPS) is 11.2. The van der Waals surface area contributed by atoms with Gasteiger partial charge in [-0.05, 0) is 24.3 Å². The average molecular weight is 371 g/mol. The minimum Gasteiger partial charge on any atom is -0.481 e. The van der Waals surface area contributed by atoms with Crippen molar-refractivity contribution < 1.29 is 4.74 Å². The first-order valence-corrected chi connectivity index (χ1v) is 7.67. The van der Waals surface area contributed by atoms with E-state index in [0.717, 1.165) is 15.4 Å². The summed E-state index contributed by atoms with van der Waals surface area (Å²) < 4.78 is 7.43. The average Bonchev–Trinajstić information content (AvgIpc) is 2.92. The maximum Gasteiger partial charge on any atom is 0.282 e. The predicted octanol–water partition coefficient (Wildman–Crippen LogP) is 2.98. The summed E-state index contributed by atoms with van der Waals surface area (Å²) in [5, 5.41) is 5.39. The van der Waals surface area contributed by atoms with E-state index in [4.69, 9.17) is 4.74 Å². The Balaban J connectivity index is 2.01. The summed E-state index contributed by atoms with van der Waals surface area (Å²) in [6.07, 6.45) is 3.27. The molecule has 1 aromatic carbocycles. The van der Waals surface area contributed by atoms with E-state index in [9.17, 15) is 4.79 Å². The van der Waals surface area contributed by atoms with Gasteiger partial charge in [0.2, 0.25) is 5.88 Å². The molecule has 0 saturated heterocycles. The smallest absolute Gasteiger partial charge is 0.282 e. The van der Waals surface area contributed by atoms with Crippen molar-refractivity contribution in [3.8, 4) is 22.8 Å². The van der Waals surface area contributed by atoms with E-state index in [0.29, 0.717) is 22.8 Å². The molecule has 0 bridgehead atoms. The van der Waals surface area contributed by atoms with E-state index in [1.807, 2.05) is 18.2 Å². The van der Waals surface area contributed by atoms with Crippen molar-refractivity contribution in [2.75, 3.05) is 7.11 Å². The van der Waals surface area contributed by atoms with E-state index in [1.54, 1.807) is 24.5 Å². The quantitative estimate of drug-likeness (QED) is 0.588. The van der Waals surface area contributed by atoms with Crippen LogP contribution in [0.15, 0.2) is 52.0 Å². The van der Waals surface area contributed by atoms with Crippen molar-refractivity contribution in [2.24, 2.45) is 0 Å².